The summed E-state index contributed by atoms with van der Waals surface area (Å²) in [6.07, 6.45) is 1.57. The maximum Gasteiger partial charge on any atom is 0.414 e. The fraction of sp³-hybridized carbons (Fsp3) is 0.421. The molecule has 1 N–H and O–H groups in total. The molecule has 3 aliphatic rings. The molecule has 154 valence electrons. The molecule has 2 atom stereocenters. The van der Waals surface area contributed by atoms with Gasteiger partial charge in [-0.1, -0.05) is 6.08 Å². The molecule has 4 rings (SSSR count). The van der Waals surface area contributed by atoms with E-state index in [2.05, 4.69) is 5.32 Å². The van der Waals surface area contributed by atoms with E-state index in [9.17, 15) is 14.4 Å². The van der Waals surface area contributed by atoms with Gasteiger partial charge in [0.1, 0.15) is 12.7 Å². The summed E-state index contributed by atoms with van der Waals surface area (Å²) in [5.74, 6) is -0.288. The van der Waals surface area contributed by atoms with Crippen molar-refractivity contribution in [3.05, 3.63) is 35.2 Å². The third-order valence-corrected chi connectivity index (χ3v) is 6.29. The number of benzene rings is 1. The lowest BCUT2D eigenvalue weighted by Gasteiger charge is -2.27. The maximum absolute atomic E-state index is 12.2. The average Bonchev–Trinajstić information content (AvgIpc) is 3.32. The van der Waals surface area contributed by atoms with Gasteiger partial charge in [-0.25, -0.2) is 4.79 Å². The highest BCUT2D eigenvalue weighted by Crippen LogP contribution is 2.34. The Morgan fingerprint density at radius 1 is 1.21 bits per heavy atom. The SMILES string of the molecule is O=C(NCC1CN(c2ccc(N3CCOCC3=O)cc2)C(=O)O1)C1=CCC(Cl)S1. The number of anilines is 2. The number of hydrogen-bond acceptors (Lipinski definition) is 6. The van der Waals surface area contributed by atoms with Gasteiger partial charge < -0.3 is 19.7 Å². The van der Waals surface area contributed by atoms with E-state index in [1.54, 1.807) is 29.2 Å². The first-order chi connectivity index (χ1) is 14.0. The second-order valence-electron chi connectivity index (χ2n) is 6.77. The van der Waals surface area contributed by atoms with Crippen molar-refractivity contribution in [1.82, 2.24) is 5.32 Å². The molecular formula is C19H20ClN3O5S. The molecule has 0 saturated carbocycles. The number of cyclic esters (lactones) is 1. The molecular weight excluding hydrogens is 418 g/mol. The predicted molar refractivity (Wildman–Crippen MR) is 110 cm³/mol. The lowest BCUT2D eigenvalue weighted by Crippen LogP contribution is -2.41. The van der Waals surface area contributed by atoms with Crippen LogP contribution in [0.3, 0.4) is 0 Å². The Kier molecular flexibility index (Phi) is 5.98. The van der Waals surface area contributed by atoms with Crippen LogP contribution in [0.5, 0.6) is 0 Å². The number of nitrogens with zero attached hydrogens (tertiary/aromatic N) is 2. The molecule has 2 unspecified atom stereocenters. The highest BCUT2D eigenvalue weighted by atomic mass is 35.5. The van der Waals surface area contributed by atoms with Gasteiger partial charge in [-0.3, -0.25) is 14.5 Å². The van der Waals surface area contributed by atoms with Gasteiger partial charge >= 0.3 is 6.09 Å². The van der Waals surface area contributed by atoms with Crippen molar-refractivity contribution in [2.75, 3.05) is 42.6 Å². The summed E-state index contributed by atoms with van der Waals surface area (Å²) in [4.78, 5) is 40.1. The molecule has 0 bridgehead atoms. The molecule has 0 aliphatic carbocycles. The summed E-state index contributed by atoms with van der Waals surface area (Å²) in [6, 6.07) is 7.16. The van der Waals surface area contributed by atoms with Gasteiger partial charge in [0.05, 0.1) is 29.3 Å². The Morgan fingerprint density at radius 3 is 2.59 bits per heavy atom. The predicted octanol–water partition coefficient (Wildman–Crippen LogP) is 2.08. The Balaban J connectivity index is 1.33. The van der Waals surface area contributed by atoms with E-state index in [0.29, 0.717) is 36.7 Å². The molecule has 29 heavy (non-hydrogen) atoms. The fourth-order valence-corrected chi connectivity index (χ4v) is 4.53. The molecule has 8 nitrogen and oxygen atoms in total. The largest absolute Gasteiger partial charge is 0.442 e. The van der Waals surface area contributed by atoms with Crippen LogP contribution in [0.25, 0.3) is 0 Å². The monoisotopic (exact) mass is 437 g/mol. The minimum Gasteiger partial charge on any atom is -0.442 e. The Bertz CT molecular complexity index is 847. The van der Waals surface area contributed by atoms with Crippen LogP contribution in [0.15, 0.2) is 35.2 Å². The first-order valence-corrected chi connectivity index (χ1v) is 10.6. The normalized spacial score (nSPS) is 24.5. The number of carbonyl (C=O) groups excluding carboxylic acids is 3. The number of nitrogens with one attached hydrogen (secondary N) is 1. The third kappa shape index (κ3) is 4.52. The molecule has 0 radical (unpaired) electrons. The summed E-state index contributed by atoms with van der Waals surface area (Å²) in [6.45, 7) is 1.64. The number of alkyl halides is 1. The van der Waals surface area contributed by atoms with E-state index >= 15 is 0 Å². The lowest BCUT2D eigenvalue weighted by atomic mass is 10.2. The number of thioether (sulfide) groups is 1. The van der Waals surface area contributed by atoms with Crippen LogP contribution in [0.1, 0.15) is 6.42 Å². The number of allylic oxidation sites excluding steroid dienone is 1. The summed E-state index contributed by atoms with van der Waals surface area (Å²) in [7, 11) is 0. The number of amides is 3. The van der Waals surface area contributed by atoms with Crippen LogP contribution in [0, 0.1) is 0 Å². The van der Waals surface area contributed by atoms with Crippen molar-refractivity contribution in [3.63, 3.8) is 0 Å². The molecule has 2 fully saturated rings. The van der Waals surface area contributed by atoms with Gasteiger partial charge in [0.15, 0.2) is 0 Å². The highest BCUT2D eigenvalue weighted by molar-refractivity contribution is 8.05. The highest BCUT2D eigenvalue weighted by Gasteiger charge is 2.33. The fourth-order valence-electron chi connectivity index (χ4n) is 3.32. The van der Waals surface area contributed by atoms with Gasteiger partial charge in [-0.15, -0.1) is 23.4 Å². The first-order valence-electron chi connectivity index (χ1n) is 9.26. The minimum atomic E-state index is -0.463. The number of morpholine rings is 1. The van der Waals surface area contributed by atoms with Crippen LogP contribution in [0.4, 0.5) is 16.2 Å². The summed E-state index contributed by atoms with van der Waals surface area (Å²) < 4.78 is 10.4. The number of carbonyl (C=O) groups is 3. The van der Waals surface area contributed by atoms with Gasteiger partial charge in [0, 0.05) is 17.9 Å². The van der Waals surface area contributed by atoms with E-state index in [1.807, 2.05) is 6.08 Å². The van der Waals surface area contributed by atoms with Crippen molar-refractivity contribution in [1.29, 1.82) is 0 Å². The van der Waals surface area contributed by atoms with Crippen LogP contribution in [0.2, 0.25) is 0 Å². The molecule has 0 aromatic heterocycles. The topological polar surface area (TPSA) is 88.2 Å². The molecule has 0 spiro atoms. The zero-order valence-electron chi connectivity index (χ0n) is 15.5. The van der Waals surface area contributed by atoms with E-state index in [4.69, 9.17) is 21.1 Å². The van der Waals surface area contributed by atoms with Gasteiger partial charge in [-0.05, 0) is 30.7 Å². The molecule has 3 heterocycles. The van der Waals surface area contributed by atoms with Gasteiger partial charge in [-0.2, -0.15) is 0 Å². The maximum atomic E-state index is 12.2. The van der Waals surface area contributed by atoms with Crippen LogP contribution >= 0.6 is 23.4 Å². The molecule has 3 aliphatic heterocycles. The van der Waals surface area contributed by atoms with Gasteiger partial charge in [0.2, 0.25) is 0 Å². The Morgan fingerprint density at radius 2 is 1.93 bits per heavy atom. The summed E-state index contributed by atoms with van der Waals surface area (Å²) in [5, 5.41) is 2.79. The van der Waals surface area contributed by atoms with Crippen molar-refractivity contribution in [2.24, 2.45) is 0 Å². The second-order valence-corrected chi connectivity index (χ2v) is 8.80. The van der Waals surface area contributed by atoms with Crippen LogP contribution in [-0.2, 0) is 19.1 Å². The minimum absolute atomic E-state index is 0.0779. The number of halogens is 1. The van der Waals surface area contributed by atoms with Gasteiger partial charge in [0.25, 0.3) is 11.8 Å². The number of ether oxygens (including phenoxy) is 2. The van der Waals surface area contributed by atoms with Crippen LogP contribution in [-0.4, -0.2) is 61.6 Å². The molecule has 1 aromatic rings. The molecule has 10 heteroatoms. The standard InChI is InChI=1S/C19H20ClN3O5S/c20-16-6-5-15(29-16)18(25)21-9-14-10-23(19(26)28-14)13-3-1-12(2-4-13)22-7-8-27-11-17(22)24/h1-5,14,16H,6-11H2,(H,21,25). The number of rotatable bonds is 5. The summed E-state index contributed by atoms with van der Waals surface area (Å²) in [5.41, 5.74) is 1.44. The molecule has 3 amide bonds. The first kappa shape index (κ1) is 20.1. The van der Waals surface area contributed by atoms with E-state index in [-0.39, 0.29) is 29.7 Å². The van der Waals surface area contributed by atoms with E-state index in [1.165, 1.54) is 16.7 Å². The van der Waals surface area contributed by atoms with E-state index < -0.39 is 12.2 Å². The van der Waals surface area contributed by atoms with Crippen molar-refractivity contribution < 1.29 is 23.9 Å². The van der Waals surface area contributed by atoms with Crippen molar-refractivity contribution in [2.45, 2.75) is 17.2 Å². The molecule has 1 aromatic carbocycles. The summed E-state index contributed by atoms with van der Waals surface area (Å²) >= 11 is 7.31. The average molecular weight is 438 g/mol. The van der Waals surface area contributed by atoms with Crippen LogP contribution < -0.4 is 15.1 Å². The zero-order chi connectivity index (χ0) is 20.4. The molecule has 2 saturated heterocycles. The Hall–Kier alpha value is -2.23. The Labute approximate surface area is 177 Å². The number of hydrogen-bond donors (Lipinski definition) is 1. The zero-order valence-corrected chi connectivity index (χ0v) is 17.1. The lowest BCUT2D eigenvalue weighted by molar-refractivity contribution is -0.125. The van der Waals surface area contributed by atoms with E-state index in [0.717, 1.165) is 5.69 Å². The quantitative estimate of drug-likeness (QED) is 0.709. The second kappa shape index (κ2) is 8.64. The van der Waals surface area contributed by atoms with Crippen molar-refractivity contribution >= 4 is 52.6 Å². The van der Waals surface area contributed by atoms with Crippen molar-refractivity contribution in [3.8, 4) is 0 Å². The third-order valence-electron chi connectivity index (χ3n) is 4.79. The smallest absolute Gasteiger partial charge is 0.414 e.